The van der Waals surface area contributed by atoms with Crippen LogP contribution in [-0.4, -0.2) is 14.2 Å². The third kappa shape index (κ3) is 3.22. The summed E-state index contributed by atoms with van der Waals surface area (Å²) in [5.74, 6) is -0.435. The summed E-state index contributed by atoms with van der Waals surface area (Å²) in [7, 11) is 0. The fraction of sp³-hybridized carbons (Fsp3) is 0.312. The molecule has 7 heteroatoms. The predicted molar refractivity (Wildman–Crippen MR) is 81.4 cm³/mol. The van der Waals surface area contributed by atoms with Gasteiger partial charge in [-0.2, -0.15) is 5.26 Å². The summed E-state index contributed by atoms with van der Waals surface area (Å²) >= 11 is 0. The van der Waals surface area contributed by atoms with Crippen molar-refractivity contribution < 1.29 is 9.50 Å². The molecule has 6 nitrogen and oxygen atoms in total. The van der Waals surface area contributed by atoms with Crippen molar-refractivity contribution in [2.45, 2.75) is 33.0 Å². The lowest BCUT2D eigenvalue weighted by Gasteiger charge is -2.16. The van der Waals surface area contributed by atoms with Crippen LogP contribution in [0.5, 0.6) is 0 Å². The molecule has 1 heterocycles. The summed E-state index contributed by atoms with van der Waals surface area (Å²) in [6, 6.07) is 5.61. The molecule has 0 saturated heterocycles. The number of aliphatic hydroxyl groups is 1. The molecule has 2 aromatic rings. The second-order valence-electron chi connectivity index (χ2n) is 5.16. The fourth-order valence-corrected chi connectivity index (χ4v) is 2.40. The predicted octanol–water partition coefficient (Wildman–Crippen LogP) is 1.08. The van der Waals surface area contributed by atoms with Crippen molar-refractivity contribution in [3.05, 3.63) is 67.7 Å². The Labute approximate surface area is 131 Å². The van der Waals surface area contributed by atoms with Gasteiger partial charge in [0.15, 0.2) is 0 Å². The molecule has 23 heavy (non-hydrogen) atoms. The highest BCUT2D eigenvalue weighted by molar-refractivity contribution is 5.28. The van der Waals surface area contributed by atoms with E-state index < -0.39 is 23.2 Å². The third-order valence-electron chi connectivity index (χ3n) is 3.64. The van der Waals surface area contributed by atoms with E-state index in [4.69, 9.17) is 5.26 Å². The number of aromatic nitrogens is 2. The minimum absolute atomic E-state index is 0.172. The van der Waals surface area contributed by atoms with Crippen LogP contribution < -0.4 is 11.2 Å². The first-order valence-corrected chi connectivity index (χ1v) is 7.07. The largest absolute Gasteiger partial charge is 0.387 e. The molecular formula is C16H16FN3O3. The Hall–Kier alpha value is -2.72. The van der Waals surface area contributed by atoms with Crippen molar-refractivity contribution in [1.29, 1.82) is 5.26 Å². The van der Waals surface area contributed by atoms with Gasteiger partial charge < -0.3 is 5.11 Å². The van der Waals surface area contributed by atoms with Gasteiger partial charge in [0, 0.05) is 12.7 Å². The molecule has 0 radical (unpaired) electrons. The molecule has 0 bridgehead atoms. The molecule has 0 spiro atoms. The topological polar surface area (TPSA) is 88.0 Å². The molecule has 1 aromatic carbocycles. The molecule has 1 N–H and O–H groups in total. The van der Waals surface area contributed by atoms with Crippen LogP contribution >= 0.6 is 0 Å². The minimum atomic E-state index is -1.17. The van der Waals surface area contributed by atoms with Crippen LogP contribution in [-0.2, 0) is 13.1 Å². The third-order valence-corrected chi connectivity index (χ3v) is 3.64. The summed E-state index contributed by atoms with van der Waals surface area (Å²) < 4.78 is 15.2. The summed E-state index contributed by atoms with van der Waals surface area (Å²) in [5.41, 5.74) is -0.591. The summed E-state index contributed by atoms with van der Waals surface area (Å²) in [4.78, 5) is 24.4. The normalized spacial score (nSPS) is 12.0. The van der Waals surface area contributed by atoms with Gasteiger partial charge in [0.2, 0.25) is 0 Å². The molecule has 0 aliphatic heterocycles. The number of benzene rings is 1. The van der Waals surface area contributed by atoms with Gasteiger partial charge in [-0.05, 0) is 37.1 Å². The van der Waals surface area contributed by atoms with Crippen molar-refractivity contribution in [3.63, 3.8) is 0 Å². The van der Waals surface area contributed by atoms with Gasteiger partial charge in [0.1, 0.15) is 17.4 Å². The van der Waals surface area contributed by atoms with Crippen LogP contribution in [0.25, 0.3) is 0 Å². The monoisotopic (exact) mass is 317 g/mol. The van der Waals surface area contributed by atoms with Gasteiger partial charge in [-0.1, -0.05) is 6.07 Å². The number of rotatable bonds is 4. The molecule has 0 aliphatic rings. The highest BCUT2D eigenvalue weighted by atomic mass is 19.1. The van der Waals surface area contributed by atoms with Crippen LogP contribution in [0.15, 0.2) is 34.0 Å². The number of halogens is 1. The maximum absolute atomic E-state index is 13.1. The molecule has 0 fully saturated rings. The molecule has 2 rings (SSSR count). The number of hydrogen-bond acceptors (Lipinski definition) is 4. The Kier molecular flexibility index (Phi) is 4.77. The van der Waals surface area contributed by atoms with E-state index in [2.05, 4.69) is 0 Å². The summed E-state index contributed by atoms with van der Waals surface area (Å²) in [6.07, 6.45) is 0.0386. The Morgan fingerprint density at radius 1 is 1.39 bits per heavy atom. The van der Waals surface area contributed by atoms with E-state index in [-0.39, 0.29) is 12.1 Å². The lowest BCUT2D eigenvalue weighted by molar-refractivity contribution is 0.151. The van der Waals surface area contributed by atoms with Crippen LogP contribution in [0.2, 0.25) is 0 Å². The Morgan fingerprint density at radius 3 is 2.65 bits per heavy atom. The number of aryl methyl sites for hydroxylation is 2. The van der Waals surface area contributed by atoms with Gasteiger partial charge in [-0.15, -0.1) is 0 Å². The van der Waals surface area contributed by atoms with E-state index in [1.807, 2.05) is 0 Å². The SMILES string of the molecule is CCn1cc(C#N)c(=O)n(CC(O)c2ccc(F)cc2C)c1=O. The van der Waals surface area contributed by atoms with Crippen molar-refractivity contribution >= 4 is 0 Å². The van der Waals surface area contributed by atoms with Gasteiger partial charge in [-0.3, -0.25) is 13.9 Å². The van der Waals surface area contributed by atoms with Crippen molar-refractivity contribution in [1.82, 2.24) is 9.13 Å². The quantitative estimate of drug-likeness (QED) is 0.914. The van der Waals surface area contributed by atoms with Crippen molar-refractivity contribution in [2.75, 3.05) is 0 Å². The average molecular weight is 317 g/mol. The fourth-order valence-electron chi connectivity index (χ4n) is 2.40. The highest BCUT2D eigenvalue weighted by Crippen LogP contribution is 2.19. The Morgan fingerprint density at radius 2 is 2.09 bits per heavy atom. The van der Waals surface area contributed by atoms with Gasteiger partial charge in [-0.25, -0.2) is 9.18 Å². The lowest BCUT2D eigenvalue weighted by atomic mass is 10.0. The van der Waals surface area contributed by atoms with E-state index in [1.54, 1.807) is 19.9 Å². The van der Waals surface area contributed by atoms with E-state index in [0.29, 0.717) is 17.7 Å². The number of nitriles is 1. The van der Waals surface area contributed by atoms with Gasteiger partial charge in [0.05, 0.1) is 12.6 Å². The minimum Gasteiger partial charge on any atom is -0.387 e. The zero-order chi connectivity index (χ0) is 17.1. The van der Waals surface area contributed by atoms with Crippen LogP contribution in [0.4, 0.5) is 4.39 Å². The molecular weight excluding hydrogens is 301 g/mol. The number of hydrogen-bond donors (Lipinski definition) is 1. The lowest BCUT2D eigenvalue weighted by Crippen LogP contribution is -2.41. The summed E-state index contributed by atoms with van der Waals surface area (Å²) in [5, 5.41) is 19.3. The smallest absolute Gasteiger partial charge is 0.331 e. The number of aliphatic hydroxyl groups excluding tert-OH is 1. The maximum atomic E-state index is 13.1. The van der Waals surface area contributed by atoms with E-state index in [9.17, 15) is 19.1 Å². The van der Waals surface area contributed by atoms with E-state index >= 15 is 0 Å². The van der Waals surface area contributed by atoms with Gasteiger partial charge >= 0.3 is 5.69 Å². The van der Waals surface area contributed by atoms with Crippen LogP contribution in [0, 0.1) is 24.1 Å². The first-order chi connectivity index (χ1) is 10.9. The molecule has 0 amide bonds. The van der Waals surface area contributed by atoms with Crippen LogP contribution in [0.1, 0.15) is 29.7 Å². The maximum Gasteiger partial charge on any atom is 0.331 e. The van der Waals surface area contributed by atoms with Crippen molar-refractivity contribution in [2.24, 2.45) is 0 Å². The molecule has 0 aliphatic carbocycles. The molecule has 120 valence electrons. The summed E-state index contributed by atoms with van der Waals surface area (Å²) in [6.45, 7) is 3.32. The zero-order valence-electron chi connectivity index (χ0n) is 12.8. The molecule has 1 unspecified atom stereocenters. The first-order valence-electron chi connectivity index (χ1n) is 7.07. The van der Waals surface area contributed by atoms with E-state index in [1.165, 1.54) is 29.0 Å². The first kappa shape index (κ1) is 16.6. The molecule has 1 aromatic heterocycles. The standard InChI is InChI=1S/C16H16FN3O3/c1-3-19-8-11(7-18)15(22)20(16(19)23)9-14(21)13-5-4-12(17)6-10(13)2/h4-6,8,14,21H,3,9H2,1-2H3. The van der Waals surface area contributed by atoms with Crippen LogP contribution in [0.3, 0.4) is 0 Å². The van der Waals surface area contributed by atoms with Crippen molar-refractivity contribution in [3.8, 4) is 6.07 Å². The Balaban J connectivity index is 2.49. The second kappa shape index (κ2) is 6.58. The zero-order valence-corrected chi connectivity index (χ0v) is 12.8. The Bertz CT molecular complexity index is 893. The van der Waals surface area contributed by atoms with E-state index in [0.717, 1.165) is 4.57 Å². The molecule has 1 atom stereocenters. The number of nitrogens with zero attached hydrogens (tertiary/aromatic N) is 3. The average Bonchev–Trinajstić information content (AvgIpc) is 2.51. The second-order valence-corrected chi connectivity index (χ2v) is 5.16. The highest BCUT2D eigenvalue weighted by Gasteiger charge is 2.17. The molecule has 0 saturated carbocycles. The van der Waals surface area contributed by atoms with Gasteiger partial charge in [0.25, 0.3) is 5.56 Å².